The van der Waals surface area contributed by atoms with Crippen LogP contribution in [0.2, 0.25) is 0 Å². The molecular weight excluding hydrogens is 390 g/mol. The molecule has 1 aromatic heterocycles. The van der Waals surface area contributed by atoms with Gasteiger partial charge in [-0.3, -0.25) is 14.2 Å². The summed E-state index contributed by atoms with van der Waals surface area (Å²) >= 11 is 0. The molecule has 6 nitrogen and oxygen atoms in total. The lowest BCUT2D eigenvalue weighted by molar-refractivity contribution is -0.137. The van der Waals surface area contributed by atoms with Gasteiger partial charge in [0.25, 0.3) is 5.91 Å². The van der Waals surface area contributed by atoms with E-state index in [-0.39, 0.29) is 19.0 Å². The molecule has 0 saturated heterocycles. The van der Waals surface area contributed by atoms with Crippen LogP contribution in [0.15, 0.2) is 72.8 Å². The second-order valence-corrected chi connectivity index (χ2v) is 7.57. The van der Waals surface area contributed by atoms with Gasteiger partial charge in [-0.25, -0.2) is 4.98 Å². The monoisotopic (exact) mass is 413 g/mol. The normalized spacial score (nSPS) is 10.9. The van der Waals surface area contributed by atoms with E-state index in [4.69, 9.17) is 0 Å². The number of aryl methyl sites for hydroxylation is 2. The molecule has 156 valence electrons. The van der Waals surface area contributed by atoms with Crippen LogP contribution in [0, 0.1) is 13.8 Å². The predicted molar refractivity (Wildman–Crippen MR) is 119 cm³/mol. The Bertz CT molecular complexity index is 1240. The highest BCUT2D eigenvalue weighted by molar-refractivity contribution is 5.98. The number of aliphatic carboxylic acids is 1. The maximum Gasteiger partial charge on any atom is 0.323 e. The molecule has 0 spiro atoms. The first-order chi connectivity index (χ1) is 14.9. The lowest BCUT2D eigenvalue weighted by Gasteiger charge is -2.21. The molecule has 4 rings (SSSR count). The maximum atomic E-state index is 13.2. The summed E-state index contributed by atoms with van der Waals surface area (Å²) in [4.78, 5) is 30.5. The van der Waals surface area contributed by atoms with Crippen molar-refractivity contribution >= 4 is 22.9 Å². The molecule has 1 amide bonds. The van der Waals surface area contributed by atoms with Gasteiger partial charge in [-0.2, -0.15) is 0 Å². The van der Waals surface area contributed by atoms with E-state index < -0.39 is 5.97 Å². The van der Waals surface area contributed by atoms with E-state index >= 15 is 0 Å². The van der Waals surface area contributed by atoms with Crippen LogP contribution in [-0.4, -0.2) is 38.0 Å². The molecule has 0 unspecified atom stereocenters. The van der Waals surface area contributed by atoms with Gasteiger partial charge in [0.15, 0.2) is 0 Å². The van der Waals surface area contributed by atoms with Gasteiger partial charge in [-0.05, 0) is 49.7 Å². The molecule has 31 heavy (non-hydrogen) atoms. The standard InChI is InChI=1S/C25H23N3O3/c1-17-8-10-19(11-9-17)15-27(16-24(29)30)25(31)20-12-13-23-22(14-20)26-18(2)28(23)21-6-4-3-5-7-21/h3-14H,15-16H2,1-2H3,(H,29,30). The van der Waals surface area contributed by atoms with Crippen LogP contribution in [0.4, 0.5) is 0 Å². The zero-order chi connectivity index (χ0) is 22.0. The first-order valence-corrected chi connectivity index (χ1v) is 10.0. The quantitative estimate of drug-likeness (QED) is 0.509. The third-order valence-electron chi connectivity index (χ3n) is 5.19. The fraction of sp³-hybridized carbons (Fsp3) is 0.160. The molecule has 0 aliphatic carbocycles. The van der Waals surface area contributed by atoms with Crippen LogP contribution in [0.3, 0.4) is 0 Å². The predicted octanol–water partition coefficient (Wildman–Crippen LogP) is 4.37. The number of aromatic nitrogens is 2. The van der Waals surface area contributed by atoms with Crippen molar-refractivity contribution in [2.75, 3.05) is 6.54 Å². The average Bonchev–Trinajstić information content (AvgIpc) is 3.09. The molecule has 0 saturated carbocycles. The molecule has 6 heteroatoms. The summed E-state index contributed by atoms with van der Waals surface area (Å²) in [5.74, 6) is -0.574. The summed E-state index contributed by atoms with van der Waals surface area (Å²) in [6, 6.07) is 22.9. The summed E-state index contributed by atoms with van der Waals surface area (Å²) in [6.07, 6.45) is 0. The number of carbonyl (C=O) groups is 2. The zero-order valence-electron chi connectivity index (χ0n) is 17.4. The van der Waals surface area contributed by atoms with Crippen LogP contribution >= 0.6 is 0 Å². The topological polar surface area (TPSA) is 75.4 Å². The lowest BCUT2D eigenvalue weighted by Crippen LogP contribution is -2.35. The highest BCUT2D eigenvalue weighted by atomic mass is 16.4. The highest BCUT2D eigenvalue weighted by Gasteiger charge is 2.20. The van der Waals surface area contributed by atoms with Gasteiger partial charge in [0.1, 0.15) is 12.4 Å². The Morgan fingerprint density at radius 1 is 0.968 bits per heavy atom. The maximum absolute atomic E-state index is 13.2. The molecule has 0 radical (unpaired) electrons. The van der Waals surface area contributed by atoms with Crippen molar-refractivity contribution in [2.24, 2.45) is 0 Å². The number of carboxylic acid groups (broad SMARTS) is 1. The van der Waals surface area contributed by atoms with Gasteiger partial charge >= 0.3 is 5.97 Å². The molecule has 3 aromatic carbocycles. The second kappa shape index (κ2) is 8.44. The minimum absolute atomic E-state index is 0.223. The lowest BCUT2D eigenvalue weighted by atomic mass is 10.1. The number of imidazole rings is 1. The Morgan fingerprint density at radius 2 is 1.68 bits per heavy atom. The molecular formula is C25H23N3O3. The van der Waals surface area contributed by atoms with E-state index in [1.165, 1.54) is 4.90 Å². The number of hydrogen-bond acceptors (Lipinski definition) is 3. The molecule has 0 aliphatic heterocycles. The summed E-state index contributed by atoms with van der Waals surface area (Å²) in [5.41, 5.74) is 4.98. The number of nitrogens with zero attached hydrogens (tertiary/aromatic N) is 3. The number of carboxylic acids is 1. The fourth-order valence-corrected chi connectivity index (χ4v) is 3.70. The molecule has 0 aliphatic rings. The van der Waals surface area contributed by atoms with Crippen LogP contribution in [-0.2, 0) is 11.3 Å². The van der Waals surface area contributed by atoms with Crippen molar-refractivity contribution in [3.8, 4) is 5.69 Å². The van der Waals surface area contributed by atoms with Crippen molar-refractivity contribution in [3.05, 3.63) is 95.3 Å². The molecule has 4 aromatic rings. The zero-order valence-corrected chi connectivity index (χ0v) is 17.4. The van der Waals surface area contributed by atoms with E-state index in [0.29, 0.717) is 11.1 Å². The summed E-state index contributed by atoms with van der Waals surface area (Å²) < 4.78 is 2.03. The van der Waals surface area contributed by atoms with Crippen LogP contribution in [0.5, 0.6) is 0 Å². The van der Waals surface area contributed by atoms with Gasteiger partial charge in [0.05, 0.1) is 11.0 Å². The Kier molecular flexibility index (Phi) is 5.54. The number of para-hydroxylation sites is 1. The van der Waals surface area contributed by atoms with Gasteiger partial charge < -0.3 is 10.0 Å². The molecule has 0 bridgehead atoms. The highest BCUT2D eigenvalue weighted by Crippen LogP contribution is 2.23. The smallest absolute Gasteiger partial charge is 0.323 e. The van der Waals surface area contributed by atoms with Crippen LogP contribution < -0.4 is 0 Å². The van der Waals surface area contributed by atoms with E-state index in [2.05, 4.69) is 4.98 Å². The second-order valence-electron chi connectivity index (χ2n) is 7.57. The van der Waals surface area contributed by atoms with Crippen molar-refractivity contribution in [2.45, 2.75) is 20.4 Å². The number of fused-ring (bicyclic) bond motifs is 1. The van der Waals surface area contributed by atoms with Gasteiger partial charge in [-0.1, -0.05) is 48.0 Å². The fourth-order valence-electron chi connectivity index (χ4n) is 3.70. The Hall–Kier alpha value is -3.93. The minimum atomic E-state index is -1.05. The summed E-state index contributed by atoms with van der Waals surface area (Å²) in [7, 11) is 0. The molecule has 1 N–H and O–H groups in total. The van der Waals surface area contributed by atoms with Crippen molar-refractivity contribution in [3.63, 3.8) is 0 Å². The Morgan fingerprint density at radius 3 is 2.35 bits per heavy atom. The molecule has 0 atom stereocenters. The third-order valence-corrected chi connectivity index (χ3v) is 5.19. The first-order valence-electron chi connectivity index (χ1n) is 10.0. The van der Waals surface area contributed by atoms with Gasteiger partial charge in [-0.15, -0.1) is 0 Å². The van der Waals surface area contributed by atoms with Crippen molar-refractivity contribution < 1.29 is 14.7 Å². The van der Waals surface area contributed by atoms with Crippen LogP contribution in [0.25, 0.3) is 16.7 Å². The van der Waals surface area contributed by atoms with E-state index in [1.807, 2.05) is 79.1 Å². The minimum Gasteiger partial charge on any atom is -0.480 e. The van der Waals surface area contributed by atoms with E-state index in [0.717, 1.165) is 28.2 Å². The van der Waals surface area contributed by atoms with Gasteiger partial charge in [0, 0.05) is 17.8 Å². The number of amides is 1. The average molecular weight is 413 g/mol. The van der Waals surface area contributed by atoms with E-state index in [1.54, 1.807) is 12.1 Å². The number of hydrogen-bond donors (Lipinski definition) is 1. The number of benzene rings is 3. The van der Waals surface area contributed by atoms with E-state index in [9.17, 15) is 14.7 Å². The molecule has 0 fully saturated rings. The Balaban J connectivity index is 1.67. The van der Waals surface area contributed by atoms with Crippen molar-refractivity contribution in [1.29, 1.82) is 0 Å². The molecule has 1 heterocycles. The number of carbonyl (C=O) groups excluding carboxylic acids is 1. The largest absolute Gasteiger partial charge is 0.480 e. The van der Waals surface area contributed by atoms with Crippen molar-refractivity contribution in [1.82, 2.24) is 14.5 Å². The Labute approximate surface area is 180 Å². The summed E-state index contributed by atoms with van der Waals surface area (Å²) in [5, 5.41) is 9.33. The van der Waals surface area contributed by atoms with Gasteiger partial charge in [0.2, 0.25) is 0 Å². The summed E-state index contributed by atoms with van der Waals surface area (Å²) in [6.45, 7) is 3.75. The van der Waals surface area contributed by atoms with Crippen LogP contribution in [0.1, 0.15) is 27.3 Å². The first kappa shape index (κ1) is 20.3. The SMILES string of the molecule is Cc1ccc(CN(CC(=O)O)C(=O)c2ccc3c(c2)nc(C)n3-c2ccccc2)cc1. The number of rotatable bonds is 6. The third kappa shape index (κ3) is 4.33.